The molecule has 0 saturated heterocycles. The molecule has 0 bridgehead atoms. The maximum absolute atomic E-state index is 3.51. The molecule has 1 aromatic heterocycles. The smallest absolute Gasteiger partial charge is 0.0620 e. The molecule has 0 fully saturated rings. The molecular weight excluding hydrogens is 107 g/mol. The molecular formula is C2H2N2NaS. The summed E-state index contributed by atoms with van der Waals surface area (Å²) in [4.78, 5) is 0. The van der Waals surface area contributed by atoms with Crippen molar-refractivity contribution in [3.05, 3.63) is 11.6 Å². The molecule has 4 heteroatoms. The largest absolute Gasteiger partial charge is 0.147 e. The predicted molar refractivity (Wildman–Crippen MR) is 25.7 cm³/mol. The minimum absolute atomic E-state index is 0. The van der Waals surface area contributed by atoms with E-state index < -0.39 is 0 Å². The summed E-state index contributed by atoms with van der Waals surface area (Å²) in [6.07, 6.45) is 1.66. The standard InChI is InChI=1S/C2H2N2S.Na/c1-2-5-4-3-1;/h1-2H;. The SMILES string of the molecule is [Na].c1csnn1. The van der Waals surface area contributed by atoms with Crippen molar-refractivity contribution in [2.24, 2.45) is 0 Å². The Bertz CT molecular complexity index is 68.0. The summed E-state index contributed by atoms with van der Waals surface area (Å²) in [5, 5.41) is 5.31. The second-order valence-corrected chi connectivity index (χ2v) is 1.23. The predicted octanol–water partition coefficient (Wildman–Crippen LogP) is 0.157. The van der Waals surface area contributed by atoms with E-state index in [1.165, 1.54) is 11.5 Å². The van der Waals surface area contributed by atoms with Crippen LogP contribution in [0.2, 0.25) is 0 Å². The van der Waals surface area contributed by atoms with E-state index in [1.807, 2.05) is 5.38 Å². The molecule has 1 rings (SSSR count). The zero-order chi connectivity index (χ0) is 3.54. The van der Waals surface area contributed by atoms with Gasteiger partial charge >= 0.3 is 0 Å². The summed E-state index contributed by atoms with van der Waals surface area (Å²) in [5.74, 6) is 0. The average molecular weight is 109 g/mol. The number of hydrogen-bond acceptors (Lipinski definition) is 3. The van der Waals surface area contributed by atoms with E-state index in [0.29, 0.717) is 0 Å². The van der Waals surface area contributed by atoms with Gasteiger partial charge in [0.25, 0.3) is 0 Å². The first-order valence-electron chi connectivity index (χ1n) is 1.21. The van der Waals surface area contributed by atoms with E-state index in [-0.39, 0.29) is 29.6 Å². The Labute approximate surface area is 62.0 Å². The van der Waals surface area contributed by atoms with Crippen LogP contribution in [0.1, 0.15) is 0 Å². The minimum Gasteiger partial charge on any atom is -0.147 e. The van der Waals surface area contributed by atoms with Crippen LogP contribution in [0.5, 0.6) is 0 Å². The summed E-state index contributed by atoms with van der Waals surface area (Å²) in [6.45, 7) is 0. The summed E-state index contributed by atoms with van der Waals surface area (Å²) >= 11 is 1.35. The second-order valence-electron chi connectivity index (χ2n) is 0.588. The Hall–Kier alpha value is 0.560. The first-order valence-corrected chi connectivity index (χ1v) is 2.05. The topological polar surface area (TPSA) is 25.8 Å². The van der Waals surface area contributed by atoms with E-state index in [4.69, 9.17) is 0 Å². The first kappa shape index (κ1) is 6.56. The van der Waals surface area contributed by atoms with Crippen molar-refractivity contribution in [3.8, 4) is 0 Å². The minimum atomic E-state index is 0. The van der Waals surface area contributed by atoms with Gasteiger partial charge in [0.05, 0.1) is 6.20 Å². The molecule has 0 saturated carbocycles. The molecule has 0 aliphatic rings. The van der Waals surface area contributed by atoms with Gasteiger partial charge in [-0.05, 0) is 11.5 Å². The van der Waals surface area contributed by atoms with Gasteiger partial charge in [0, 0.05) is 34.9 Å². The Morgan fingerprint density at radius 3 is 2.50 bits per heavy atom. The van der Waals surface area contributed by atoms with Crippen molar-refractivity contribution in [3.63, 3.8) is 0 Å². The Morgan fingerprint density at radius 1 is 1.50 bits per heavy atom. The van der Waals surface area contributed by atoms with Gasteiger partial charge in [0.2, 0.25) is 0 Å². The van der Waals surface area contributed by atoms with Crippen molar-refractivity contribution < 1.29 is 0 Å². The van der Waals surface area contributed by atoms with Gasteiger partial charge in [0.1, 0.15) is 0 Å². The van der Waals surface area contributed by atoms with Crippen molar-refractivity contribution >= 4 is 41.1 Å². The van der Waals surface area contributed by atoms with Crippen molar-refractivity contribution in [1.29, 1.82) is 0 Å². The third kappa shape index (κ3) is 1.87. The third-order valence-electron chi connectivity index (χ3n) is 0.283. The van der Waals surface area contributed by atoms with Gasteiger partial charge in [-0.3, -0.25) is 0 Å². The van der Waals surface area contributed by atoms with Gasteiger partial charge in [-0.1, -0.05) is 4.49 Å². The molecule has 0 aliphatic carbocycles. The van der Waals surface area contributed by atoms with E-state index in [1.54, 1.807) is 6.20 Å². The molecule has 27 valence electrons. The van der Waals surface area contributed by atoms with E-state index in [9.17, 15) is 0 Å². The second kappa shape index (κ2) is 3.74. The molecule has 0 aromatic carbocycles. The Kier molecular flexibility index (Phi) is 4.09. The van der Waals surface area contributed by atoms with Crippen LogP contribution in [0.15, 0.2) is 11.6 Å². The van der Waals surface area contributed by atoms with E-state index in [0.717, 1.165) is 0 Å². The van der Waals surface area contributed by atoms with Crippen LogP contribution in [-0.2, 0) is 0 Å². The van der Waals surface area contributed by atoms with Crippen LogP contribution < -0.4 is 0 Å². The average Bonchev–Trinajstić information content (AvgIpc) is 1.76. The molecule has 2 nitrogen and oxygen atoms in total. The molecule has 0 N–H and O–H groups in total. The summed E-state index contributed by atoms with van der Waals surface area (Å²) in [7, 11) is 0. The quantitative estimate of drug-likeness (QED) is 0.443. The molecule has 0 amide bonds. The van der Waals surface area contributed by atoms with Gasteiger partial charge in [-0.2, -0.15) is 0 Å². The monoisotopic (exact) mass is 109 g/mol. The molecule has 0 unspecified atom stereocenters. The molecule has 0 aliphatic heterocycles. The fraction of sp³-hybridized carbons (Fsp3) is 0. The number of aromatic nitrogens is 2. The van der Waals surface area contributed by atoms with Crippen LogP contribution in [-0.4, -0.2) is 39.1 Å². The van der Waals surface area contributed by atoms with Crippen molar-refractivity contribution in [2.75, 3.05) is 0 Å². The Morgan fingerprint density at radius 2 is 2.33 bits per heavy atom. The van der Waals surface area contributed by atoms with Crippen LogP contribution in [0.4, 0.5) is 0 Å². The van der Waals surface area contributed by atoms with Crippen LogP contribution in [0.3, 0.4) is 0 Å². The fourth-order valence-electron chi connectivity index (χ4n) is 0.136. The van der Waals surface area contributed by atoms with Crippen molar-refractivity contribution in [2.45, 2.75) is 0 Å². The zero-order valence-corrected chi connectivity index (χ0v) is 6.27. The van der Waals surface area contributed by atoms with E-state index >= 15 is 0 Å². The van der Waals surface area contributed by atoms with Gasteiger partial charge in [0.15, 0.2) is 0 Å². The summed E-state index contributed by atoms with van der Waals surface area (Å²) in [5.41, 5.74) is 0. The summed E-state index contributed by atoms with van der Waals surface area (Å²) in [6, 6.07) is 0. The van der Waals surface area contributed by atoms with Crippen LogP contribution >= 0.6 is 11.5 Å². The van der Waals surface area contributed by atoms with Gasteiger partial charge in [-0.25, -0.2) is 0 Å². The fourth-order valence-corrected chi connectivity index (χ4v) is 0.408. The maximum atomic E-state index is 3.51. The normalized spacial score (nSPS) is 6.67. The third-order valence-corrected chi connectivity index (χ3v) is 0.715. The molecule has 0 atom stereocenters. The maximum Gasteiger partial charge on any atom is 0.0620 e. The van der Waals surface area contributed by atoms with E-state index in [2.05, 4.69) is 9.59 Å². The van der Waals surface area contributed by atoms with Gasteiger partial charge in [-0.15, -0.1) is 5.10 Å². The zero-order valence-electron chi connectivity index (χ0n) is 3.46. The van der Waals surface area contributed by atoms with Gasteiger partial charge < -0.3 is 0 Å². The molecule has 6 heavy (non-hydrogen) atoms. The van der Waals surface area contributed by atoms with Crippen molar-refractivity contribution in [1.82, 2.24) is 9.59 Å². The number of hydrogen-bond donors (Lipinski definition) is 0. The van der Waals surface area contributed by atoms with Crippen LogP contribution in [0, 0.1) is 0 Å². The molecule has 1 radical (unpaired) electrons. The number of nitrogens with zero attached hydrogens (tertiary/aromatic N) is 2. The Balaban J connectivity index is 0.000000250. The molecule has 0 spiro atoms. The van der Waals surface area contributed by atoms with Crippen LogP contribution in [0.25, 0.3) is 0 Å². The number of rotatable bonds is 0. The first-order chi connectivity index (χ1) is 2.50. The summed E-state index contributed by atoms with van der Waals surface area (Å²) < 4.78 is 3.51. The molecule has 1 heterocycles. The molecule has 1 aromatic rings.